The highest BCUT2D eigenvalue weighted by Gasteiger charge is 2.19. The number of aromatic amines is 1. The third kappa shape index (κ3) is 3.03. The number of nitrogens with one attached hydrogen (secondary N) is 1. The minimum Gasteiger partial charge on any atom is -0.454 e. The number of hydrogen-bond acceptors (Lipinski definition) is 5. The highest BCUT2D eigenvalue weighted by Crippen LogP contribution is 2.40. The summed E-state index contributed by atoms with van der Waals surface area (Å²) in [5.74, 6) is 1.74. The lowest BCUT2D eigenvalue weighted by molar-refractivity contribution is 0.174. The highest BCUT2D eigenvalue weighted by molar-refractivity contribution is 7.18. The number of fused-ring (bicyclic) bond motifs is 4. The number of rotatable bonds is 2. The van der Waals surface area contributed by atoms with Gasteiger partial charge >= 0.3 is 0 Å². The topological polar surface area (TPSA) is 64.2 Å². The first-order valence-corrected chi connectivity index (χ1v) is 10.2. The van der Waals surface area contributed by atoms with Crippen molar-refractivity contribution in [1.82, 2.24) is 9.97 Å². The van der Waals surface area contributed by atoms with Crippen molar-refractivity contribution in [1.29, 1.82) is 0 Å². The first-order valence-electron chi connectivity index (χ1n) is 9.01. The predicted octanol–water partition coefficient (Wildman–Crippen LogP) is 4.81. The van der Waals surface area contributed by atoms with Crippen molar-refractivity contribution in [3.63, 3.8) is 0 Å². The van der Waals surface area contributed by atoms with E-state index >= 15 is 0 Å². The third-order valence-corrected chi connectivity index (χ3v) is 6.44. The molecule has 0 unspecified atom stereocenters. The van der Waals surface area contributed by atoms with E-state index in [0.29, 0.717) is 22.3 Å². The number of ether oxygens (including phenoxy) is 2. The quantitative estimate of drug-likeness (QED) is 0.627. The molecule has 1 N–H and O–H groups in total. The molecule has 27 heavy (non-hydrogen) atoms. The van der Waals surface area contributed by atoms with Crippen LogP contribution in [0.15, 0.2) is 16.9 Å². The largest absolute Gasteiger partial charge is 0.454 e. The van der Waals surface area contributed by atoms with Gasteiger partial charge in [-0.05, 0) is 55.0 Å². The van der Waals surface area contributed by atoms with E-state index in [-0.39, 0.29) is 12.4 Å². The van der Waals surface area contributed by atoms with E-state index < -0.39 is 0 Å². The molecule has 0 fully saturated rings. The average molecular weight is 401 g/mol. The van der Waals surface area contributed by atoms with Gasteiger partial charge in [-0.25, -0.2) is 4.98 Å². The maximum Gasteiger partial charge on any atom is 0.260 e. The molecular weight excluding hydrogens is 384 g/mol. The molecule has 5 rings (SSSR count). The van der Waals surface area contributed by atoms with Crippen molar-refractivity contribution >= 4 is 45.3 Å². The van der Waals surface area contributed by atoms with Crippen LogP contribution in [0.4, 0.5) is 0 Å². The summed E-state index contributed by atoms with van der Waals surface area (Å²) in [7, 11) is 0. The standard InChI is InChI=1S/C20H17ClN2O3S/c21-13-8-11(9-14-18(13)26-10-25-14)6-7-16-22-19(24)17-12-4-2-1-3-5-15(12)27-20(17)23-16/h6-9H,1-5,10H2,(H,22,23,24)/b7-6+. The predicted molar refractivity (Wildman–Crippen MR) is 108 cm³/mol. The van der Waals surface area contributed by atoms with Crippen LogP contribution < -0.4 is 15.0 Å². The van der Waals surface area contributed by atoms with Crippen molar-refractivity contribution in [2.45, 2.75) is 32.1 Å². The number of nitrogens with zero attached hydrogens (tertiary/aromatic N) is 1. The SMILES string of the molecule is O=c1[nH]c(/C=C/c2cc(Cl)c3c(c2)OCO3)nc2sc3c(c12)CCCCC3. The summed E-state index contributed by atoms with van der Waals surface area (Å²) >= 11 is 7.88. The molecule has 3 aromatic rings. The Bertz CT molecular complexity index is 1130. The Morgan fingerprint density at radius 1 is 1.15 bits per heavy atom. The van der Waals surface area contributed by atoms with Crippen molar-refractivity contribution in [2.24, 2.45) is 0 Å². The van der Waals surface area contributed by atoms with E-state index in [1.54, 1.807) is 23.5 Å². The number of thiophene rings is 1. The highest BCUT2D eigenvalue weighted by atomic mass is 35.5. The van der Waals surface area contributed by atoms with Crippen molar-refractivity contribution in [3.05, 3.63) is 49.3 Å². The molecule has 0 spiro atoms. The van der Waals surface area contributed by atoms with Crippen LogP contribution >= 0.6 is 22.9 Å². The molecule has 0 bridgehead atoms. The van der Waals surface area contributed by atoms with Gasteiger partial charge in [0.25, 0.3) is 5.56 Å². The zero-order chi connectivity index (χ0) is 18.4. The Balaban J connectivity index is 1.52. The van der Waals surface area contributed by atoms with Crippen LogP contribution in [0.5, 0.6) is 11.5 Å². The Morgan fingerprint density at radius 3 is 2.96 bits per heavy atom. The van der Waals surface area contributed by atoms with E-state index in [9.17, 15) is 4.79 Å². The molecule has 5 nitrogen and oxygen atoms in total. The van der Waals surface area contributed by atoms with Crippen molar-refractivity contribution in [2.75, 3.05) is 6.79 Å². The summed E-state index contributed by atoms with van der Waals surface area (Å²) in [6, 6.07) is 3.66. The van der Waals surface area contributed by atoms with Gasteiger partial charge in [0, 0.05) is 4.88 Å². The molecule has 7 heteroatoms. The molecule has 0 saturated heterocycles. The number of hydrogen-bond donors (Lipinski definition) is 1. The summed E-state index contributed by atoms with van der Waals surface area (Å²) in [6.45, 7) is 0.177. The maximum atomic E-state index is 12.7. The molecule has 3 heterocycles. The smallest absolute Gasteiger partial charge is 0.260 e. The zero-order valence-electron chi connectivity index (χ0n) is 14.5. The van der Waals surface area contributed by atoms with E-state index in [4.69, 9.17) is 21.1 Å². The Hall–Kier alpha value is -2.31. The lowest BCUT2D eigenvalue weighted by Crippen LogP contribution is -2.10. The van der Waals surface area contributed by atoms with Crippen LogP contribution in [0.25, 0.3) is 22.4 Å². The van der Waals surface area contributed by atoms with E-state index in [2.05, 4.69) is 9.97 Å². The van der Waals surface area contributed by atoms with Gasteiger partial charge in [0.1, 0.15) is 10.7 Å². The Kier molecular flexibility index (Phi) is 4.17. The number of H-pyrrole nitrogens is 1. The Labute approximate surface area is 164 Å². The number of aromatic nitrogens is 2. The van der Waals surface area contributed by atoms with Gasteiger partial charge in [0.05, 0.1) is 10.4 Å². The normalized spacial score (nSPS) is 16.0. The molecule has 138 valence electrons. The van der Waals surface area contributed by atoms with Crippen LogP contribution in [-0.4, -0.2) is 16.8 Å². The summed E-state index contributed by atoms with van der Waals surface area (Å²) in [5, 5.41) is 1.28. The van der Waals surface area contributed by atoms with E-state index in [1.165, 1.54) is 23.3 Å². The van der Waals surface area contributed by atoms with E-state index in [0.717, 1.165) is 35.0 Å². The number of benzene rings is 1. The number of aryl methyl sites for hydroxylation is 2. The lowest BCUT2D eigenvalue weighted by Gasteiger charge is -2.01. The molecule has 0 saturated carbocycles. The van der Waals surface area contributed by atoms with Crippen LogP contribution in [0.2, 0.25) is 5.02 Å². The summed E-state index contributed by atoms with van der Waals surface area (Å²) < 4.78 is 10.7. The molecule has 0 amide bonds. The fourth-order valence-corrected chi connectivity index (χ4v) is 5.24. The average Bonchev–Trinajstić information content (AvgIpc) is 3.19. The van der Waals surface area contributed by atoms with Crippen LogP contribution in [0.1, 0.15) is 41.1 Å². The van der Waals surface area contributed by atoms with Crippen molar-refractivity contribution < 1.29 is 9.47 Å². The van der Waals surface area contributed by atoms with Gasteiger partial charge in [-0.15, -0.1) is 11.3 Å². The molecule has 1 aliphatic heterocycles. The lowest BCUT2D eigenvalue weighted by atomic mass is 10.1. The molecule has 1 aromatic carbocycles. The number of halogens is 1. The van der Waals surface area contributed by atoms with Gasteiger partial charge in [0.15, 0.2) is 11.5 Å². The second-order valence-corrected chi connectivity index (χ2v) is 8.26. The second kappa shape index (κ2) is 6.69. The summed E-state index contributed by atoms with van der Waals surface area (Å²) in [6.07, 6.45) is 9.24. The van der Waals surface area contributed by atoms with E-state index in [1.807, 2.05) is 12.1 Å². The van der Waals surface area contributed by atoms with Crippen LogP contribution in [0, 0.1) is 0 Å². The van der Waals surface area contributed by atoms with Gasteiger partial charge < -0.3 is 14.5 Å². The maximum absolute atomic E-state index is 12.7. The fraction of sp³-hybridized carbons (Fsp3) is 0.300. The van der Waals surface area contributed by atoms with Crippen molar-refractivity contribution in [3.8, 4) is 11.5 Å². The summed E-state index contributed by atoms with van der Waals surface area (Å²) in [5.41, 5.74) is 2.01. The first kappa shape index (κ1) is 16.8. The molecule has 0 atom stereocenters. The molecular formula is C20H17ClN2O3S. The van der Waals surface area contributed by atoms with Crippen LogP contribution in [-0.2, 0) is 12.8 Å². The molecule has 2 aromatic heterocycles. The van der Waals surface area contributed by atoms with Gasteiger partial charge in [0.2, 0.25) is 6.79 Å². The fourth-order valence-electron chi connectivity index (χ4n) is 3.69. The summed E-state index contributed by atoms with van der Waals surface area (Å²) in [4.78, 5) is 22.4. The van der Waals surface area contributed by atoms with Gasteiger partial charge in [-0.3, -0.25) is 4.79 Å². The van der Waals surface area contributed by atoms with Gasteiger partial charge in [-0.2, -0.15) is 0 Å². The minimum absolute atomic E-state index is 0.0530. The first-order chi connectivity index (χ1) is 13.2. The minimum atomic E-state index is -0.0530. The second-order valence-electron chi connectivity index (χ2n) is 6.77. The van der Waals surface area contributed by atoms with Gasteiger partial charge in [-0.1, -0.05) is 24.1 Å². The van der Waals surface area contributed by atoms with Crippen LogP contribution in [0.3, 0.4) is 0 Å². The molecule has 1 aliphatic carbocycles. The zero-order valence-corrected chi connectivity index (χ0v) is 16.1. The Morgan fingerprint density at radius 2 is 2.04 bits per heavy atom. The molecule has 0 radical (unpaired) electrons. The third-order valence-electron chi connectivity index (χ3n) is 4.98. The monoisotopic (exact) mass is 400 g/mol. The molecule has 2 aliphatic rings.